The summed E-state index contributed by atoms with van der Waals surface area (Å²) in [5.74, 6) is 0.422. The Labute approximate surface area is 93.8 Å². The molecule has 0 spiro atoms. The largest absolute Gasteiger partial charge is 0.496 e. The highest BCUT2D eigenvalue weighted by Crippen LogP contribution is 2.34. The van der Waals surface area contributed by atoms with Crippen molar-refractivity contribution in [2.24, 2.45) is 5.41 Å². The molecule has 0 amide bonds. The Morgan fingerprint density at radius 1 is 1.50 bits per heavy atom. The van der Waals surface area contributed by atoms with Crippen LogP contribution in [0.1, 0.15) is 10.4 Å². The van der Waals surface area contributed by atoms with Crippen molar-refractivity contribution in [1.29, 1.82) is 0 Å². The molecule has 0 unspecified atom stereocenters. The number of hydrogen-bond acceptors (Lipinski definition) is 4. The maximum atomic E-state index is 12.2. The predicted octanol–water partition coefficient (Wildman–Crippen LogP) is 0.887. The molecule has 1 aliphatic rings. The average Bonchev–Trinajstić information content (AvgIpc) is 2.28. The third-order valence-corrected chi connectivity index (χ3v) is 2.89. The first-order chi connectivity index (χ1) is 7.73. The van der Waals surface area contributed by atoms with Gasteiger partial charge in [0.1, 0.15) is 11.2 Å². The monoisotopic (exact) mass is 222 g/mol. The molecule has 1 N–H and O–H groups in total. The lowest BCUT2D eigenvalue weighted by atomic mass is 9.79. The molecule has 1 heterocycles. The smallest absolute Gasteiger partial charge is 0.179 e. The number of benzene rings is 1. The number of carbonyl (C=O) groups is 1. The molecule has 1 fully saturated rings. The van der Waals surface area contributed by atoms with E-state index in [2.05, 4.69) is 0 Å². The zero-order valence-corrected chi connectivity index (χ0v) is 9.10. The molecule has 1 saturated heterocycles. The van der Waals surface area contributed by atoms with Crippen molar-refractivity contribution < 1.29 is 19.4 Å². The van der Waals surface area contributed by atoms with E-state index in [0.29, 0.717) is 11.3 Å². The maximum Gasteiger partial charge on any atom is 0.179 e. The van der Waals surface area contributed by atoms with E-state index in [1.54, 1.807) is 24.3 Å². The molecule has 0 bridgehead atoms. The first kappa shape index (κ1) is 11.1. The van der Waals surface area contributed by atoms with Gasteiger partial charge < -0.3 is 14.6 Å². The van der Waals surface area contributed by atoms with Crippen molar-refractivity contribution in [3.05, 3.63) is 29.8 Å². The van der Waals surface area contributed by atoms with Crippen molar-refractivity contribution in [1.82, 2.24) is 0 Å². The van der Waals surface area contributed by atoms with Crippen molar-refractivity contribution in [3.63, 3.8) is 0 Å². The molecule has 86 valence electrons. The minimum Gasteiger partial charge on any atom is -0.496 e. The Bertz CT molecular complexity index is 390. The molecular weight excluding hydrogens is 208 g/mol. The third kappa shape index (κ3) is 1.60. The van der Waals surface area contributed by atoms with Gasteiger partial charge in [0.2, 0.25) is 0 Å². The summed E-state index contributed by atoms with van der Waals surface area (Å²) in [6, 6.07) is 7.02. The van der Waals surface area contributed by atoms with Crippen molar-refractivity contribution in [2.45, 2.75) is 0 Å². The molecule has 16 heavy (non-hydrogen) atoms. The number of methoxy groups -OCH3 is 1. The van der Waals surface area contributed by atoms with Crippen LogP contribution in [0.25, 0.3) is 0 Å². The van der Waals surface area contributed by atoms with Gasteiger partial charge in [-0.15, -0.1) is 0 Å². The molecule has 2 rings (SSSR count). The normalized spacial score (nSPS) is 17.6. The molecule has 0 aliphatic carbocycles. The summed E-state index contributed by atoms with van der Waals surface area (Å²) >= 11 is 0. The van der Waals surface area contributed by atoms with E-state index in [-0.39, 0.29) is 25.6 Å². The Morgan fingerprint density at radius 2 is 2.19 bits per heavy atom. The van der Waals surface area contributed by atoms with E-state index in [9.17, 15) is 9.90 Å². The number of rotatable bonds is 4. The number of para-hydroxylation sites is 1. The van der Waals surface area contributed by atoms with Gasteiger partial charge in [-0.3, -0.25) is 4.79 Å². The number of Topliss-reactive ketones (excluding diaryl/α,β-unsaturated/α-hetero) is 1. The van der Waals surface area contributed by atoms with Crippen LogP contribution in [0.4, 0.5) is 0 Å². The molecule has 4 heteroatoms. The molecule has 0 aromatic heterocycles. The Hall–Kier alpha value is -1.39. The van der Waals surface area contributed by atoms with Gasteiger partial charge in [0.25, 0.3) is 0 Å². The van der Waals surface area contributed by atoms with Crippen LogP contribution in [0.15, 0.2) is 24.3 Å². The van der Waals surface area contributed by atoms with Crippen LogP contribution in [0, 0.1) is 5.41 Å². The average molecular weight is 222 g/mol. The van der Waals surface area contributed by atoms with Gasteiger partial charge in [0.05, 0.1) is 32.5 Å². The first-order valence-corrected chi connectivity index (χ1v) is 5.10. The highest BCUT2D eigenvalue weighted by atomic mass is 16.5. The molecule has 1 aromatic carbocycles. The van der Waals surface area contributed by atoms with E-state index in [0.717, 1.165) is 0 Å². The van der Waals surface area contributed by atoms with Crippen molar-refractivity contribution in [3.8, 4) is 5.75 Å². The maximum absolute atomic E-state index is 12.2. The minimum absolute atomic E-state index is 0.112. The zero-order chi connectivity index (χ0) is 11.6. The fourth-order valence-corrected chi connectivity index (χ4v) is 1.76. The van der Waals surface area contributed by atoms with Crippen LogP contribution < -0.4 is 4.74 Å². The molecule has 1 aromatic rings. The third-order valence-electron chi connectivity index (χ3n) is 2.89. The quantitative estimate of drug-likeness (QED) is 0.768. The molecule has 4 nitrogen and oxygen atoms in total. The zero-order valence-electron chi connectivity index (χ0n) is 9.10. The van der Waals surface area contributed by atoms with Crippen LogP contribution in [0.2, 0.25) is 0 Å². The molecule has 1 aliphatic heterocycles. The second kappa shape index (κ2) is 4.23. The standard InChI is InChI=1S/C12H14O4/c1-15-10-5-3-2-4-9(10)11(14)12(6-13)7-16-8-12/h2-5,13H,6-8H2,1H3. The van der Waals surface area contributed by atoms with Gasteiger partial charge in [0, 0.05) is 0 Å². The lowest BCUT2D eigenvalue weighted by Gasteiger charge is -2.38. The number of ketones is 1. The number of ether oxygens (including phenoxy) is 2. The first-order valence-electron chi connectivity index (χ1n) is 5.10. The summed E-state index contributed by atoms with van der Waals surface area (Å²) in [6.07, 6.45) is 0. The summed E-state index contributed by atoms with van der Waals surface area (Å²) in [5, 5.41) is 9.29. The van der Waals surface area contributed by atoms with Crippen LogP contribution >= 0.6 is 0 Å². The van der Waals surface area contributed by atoms with E-state index in [1.807, 2.05) is 0 Å². The van der Waals surface area contributed by atoms with Crippen LogP contribution in [-0.4, -0.2) is 37.8 Å². The van der Waals surface area contributed by atoms with Gasteiger partial charge in [-0.1, -0.05) is 12.1 Å². The van der Waals surface area contributed by atoms with E-state index >= 15 is 0 Å². The van der Waals surface area contributed by atoms with Crippen LogP contribution in [0.3, 0.4) is 0 Å². The number of carbonyl (C=O) groups excluding carboxylic acids is 1. The molecule has 0 atom stereocenters. The lowest BCUT2D eigenvalue weighted by molar-refractivity contribution is -0.109. The second-order valence-corrected chi connectivity index (χ2v) is 3.96. The predicted molar refractivity (Wildman–Crippen MR) is 57.7 cm³/mol. The fraction of sp³-hybridized carbons (Fsp3) is 0.417. The summed E-state index contributed by atoms with van der Waals surface area (Å²) in [4.78, 5) is 12.2. The number of aliphatic hydroxyl groups excluding tert-OH is 1. The molecule has 0 saturated carbocycles. The number of aliphatic hydroxyl groups is 1. The van der Waals surface area contributed by atoms with E-state index < -0.39 is 5.41 Å². The summed E-state index contributed by atoms with van der Waals surface area (Å²) < 4.78 is 10.2. The second-order valence-electron chi connectivity index (χ2n) is 3.96. The van der Waals surface area contributed by atoms with Gasteiger partial charge in [-0.2, -0.15) is 0 Å². The molecular formula is C12H14O4. The van der Waals surface area contributed by atoms with Crippen LogP contribution in [0.5, 0.6) is 5.75 Å². The summed E-state index contributed by atoms with van der Waals surface area (Å²) in [6.45, 7) is 0.366. The summed E-state index contributed by atoms with van der Waals surface area (Å²) in [5.41, 5.74) is -0.267. The Morgan fingerprint density at radius 3 is 2.69 bits per heavy atom. The topological polar surface area (TPSA) is 55.8 Å². The Kier molecular flexibility index (Phi) is 2.94. The van der Waals surface area contributed by atoms with Gasteiger partial charge in [-0.25, -0.2) is 0 Å². The van der Waals surface area contributed by atoms with E-state index in [4.69, 9.17) is 9.47 Å². The summed E-state index contributed by atoms with van der Waals surface area (Å²) in [7, 11) is 1.52. The van der Waals surface area contributed by atoms with Crippen molar-refractivity contribution in [2.75, 3.05) is 26.9 Å². The van der Waals surface area contributed by atoms with Gasteiger partial charge in [0.15, 0.2) is 5.78 Å². The minimum atomic E-state index is -0.769. The SMILES string of the molecule is COc1ccccc1C(=O)C1(CO)COC1. The lowest BCUT2D eigenvalue weighted by Crippen LogP contribution is -2.51. The van der Waals surface area contributed by atoms with Gasteiger partial charge in [-0.05, 0) is 12.1 Å². The van der Waals surface area contributed by atoms with E-state index in [1.165, 1.54) is 7.11 Å². The van der Waals surface area contributed by atoms with Crippen LogP contribution in [-0.2, 0) is 4.74 Å². The van der Waals surface area contributed by atoms with Crippen molar-refractivity contribution >= 4 is 5.78 Å². The fourth-order valence-electron chi connectivity index (χ4n) is 1.76. The highest BCUT2D eigenvalue weighted by Gasteiger charge is 2.46. The highest BCUT2D eigenvalue weighted by molar-refractivity contribution is 6.03. The number of hydrogen-bond donors (Lipinski definition) is 1. The van der Waals surface area contributed by atoms with Gasteiger partial charge >= 0.3 is 0 Å². The Balaban J connectivity index is 2.33. The molecule has 0 radical (unpaired) electrons.